The highest BCUT2D eigenvalue weighted by Gasteiger charge is 2.61. The van der Waals surface area contributed by atoms with Crippen molar-refractivity contribution < 1.29 is 23.9 Å². The molecule has 1 heterocycles. The molecule has 4 aliphatic rings. The van der Waals surface area contributed by atoms with E-state index in [1.54, 1.807) is 42.5 Å². The third kappa shape index (κ3) is 3.48. The number of nitrogens with zero attached hydrogens (tertiary/aromatic N) is 1. The molecule has 0 aromatic heterocycles. The maximum atomic E-state index is 13.9. The number of anilines is 1. The van der Waals surface area contributed by atoms with Crippen LogP contribution in [0.15, 0.2) is 103 Å². The molecule has 6 nitrogen and oxygen atoms in total. The number of esters is 1. The highest BCUT2D eigenvalue weighted by atomic mass is 16.5. The van der Waals surface area contributed by atoms with Gasteiger partial charge in [-0.1, -0.05) is 78.9 Å². The topological polar surface area (TPSA) is 80.8 Å². The second-order valence-corrected chi connectivity index (χ2v) is 10.2. The van der Waals surface area contributed by atoms with Gasteiger partial charge in [0.1, 0.15) is 0 Å². The fourth-order valence-electron chi connectivity index (χ4n) is 6.60. The molecule has 0 saturated carbocycles. The first-order chi connectivity index (χ1) is 19.0. The summed E-state index contributed by atoms with van der Waals surface area (Å²) in [6, 6.07) is 31.1. The van der Waals surface area contributed by atoms with Crippen molar-refractivity contribution in [2.24, 2.45) is 11.8 Å². The van der Waals surface area contributed by atoms with Crippen LogP contribution in [0.4, 0.5) is 5.69 Å². The van der Waals surface area contributed by atoms with Gasteiger partial charge in [-0.25, -0.2) is 9.69 Å². The maximum Gasteiger partial charge on any atom is 0.338 e. The van der Waals surface area contributed by atoms with Crippen LogP contribution in [0, 0.1) is 11.8 Å². The first kappa shape index (κ1) is 23.3. The highest BCUT2D eigenvalue weighted by molar-refractivity contribution is 6.23. The van der Waals surface area contributed by atoms with Crippen molar-refractivity contribution in [1.29, 1.82) is 0 Å². The third-order valence-corrected chi connectivity index (χ3v) is 8.24. The normalized spacial score (nSPS) is 22.2. The zero-order chi connectivity index (χ0) is 26.7. The van der Waals surface area contributed by atoms with Gasteiger partial charge in [-0.15, -0.1) is 0 Å². The smallest absolute Gasteiger partial charge is 0.338 e. The van der Waals surface area contributed by atoms with Gasteiger partial charge < -0.3 is 4.74 Å². The lowest BCUT2D eigenvalue weighted by Crippen LogP contribution is -2.41. The summed E-state index contributed by atoms with van der Waals surface area (Å²) in [5, 5.41) is 0. The van der Waals surface area contributed by atoms with E-state index in [2.05, 4.69) is 24.3 Å². The fraction of sp³-hybridized carbons (Fsp3) is 0.152. The van der Waals surface area contributed by atoms with Crippen molar-refractivity contribution in [3.05, 3.63) is 137 Å². The van der Waals surface area contributed by atoms with Gasteiger partial charge >= 0.3 is 5.97 Å². The molecule has 8 rings (SSSR count). The van der Waals surface area contributed by atoms with Gasteiger partial charge in [0.05, 0.1) is 23.1 Å². The molecule has 39 heavy (non-hydrogen) atoms. The summed E-state index contributed by atoms with van der Waals surface area (Å²) in [5.74, 6) is -2.67. The monoisotopic (exact) mass is 513 g/mol. The predicted molar refractivity (Wildman–Crippen MR) is 144 cm³/mol. The van der Waals surface area contributed by atoms with E-state index in [1.807, 2.05) is 24.3 Å². The number of ether oxygens (including phenoxy) is 1. The van der Waals surface area contributed by atoms with E-state index in [0.717, 1.165) is 22.3 Å². The Kier molecular flexibility index (Phi) is 5.30. The van der Waals surface area contributed by atoms with Crippen LogP contribution in [0.5, 0.6) is 0 Å². The van der Waals surface area contributed by atoms with Gasteiger partial charge in [0, 0.05) is 17.4 Å². The van der Waals surface area contributed by atoms with Crippen molar-refractivity contribution >= 4 is 29.3 Å². The molecule has 4 aromatic carbocycles. The molecule has 2 amide bonds. The Labute approximate surface area is 224 Å². The molecule has 6 heteroatoms. The minimum absolute atomic E-state index is 0.176. The molecule has 1 aliphatic heterocycles. The summed E-state index contributed by atoms with van der Waals surface area (Å²) in [4.78, 5) is 53.9. The Morgan fingerprint density at radius 1 is 0.590 bits per heavy atom. The quantitative estimate of drug-likeness (QED) is 0.210. The summed E-state index contributed by atoms with van der Waals surface area (Å²) < 4.78 is 5.20. The Hall–Kier alpha value is -4.84. The molecular formula is C33H23NO5. The molecule has 0 radical (unpaired) electrons. The number of hydrogen-bond acceptors (Lipinski definition) is 5. The Bertz CT molecular complexity index is 1540. The van der Waals surface area contributed by atoms with E-state index in [1.165, 1.54) is 17.0 Å². The van der Waals surface area contributed by atoms with E-state index in [0.29, 0.717) is 11.3 Å². The van der Waals surface area contributed by atoms with Gasteiger partial charge in [-0.3, -0.25) is 14.4 Å². The van der Waals surface area contributed by atoms with Gasteiger partial charge in [0.2, 0.25) is 11.8 Å². The number of benzene rings is 4. The number of Topliss-reactive ketones (excluding diaryl/α,β-unsaturated/α-hetero) is 1. The molecule has 2 bridgehead atoms. The fourth-order valence-corrected chi connectivity index (χ4v) is 6.60. The predicted octanol–water partition coefficient (Wildman–Crippen LogP) is 5.12. The molecule has 1 fully saturated rings. The second-order valence-electron chi connectivity index (χ2n) is 10.2. The summed E-state index contributed by atoms with van der Waals surface area (Å²) in [7, 11) is 0. The van der Waals surface area contributed by atoms with Crippen LogP contribution < -0.4 is 4.90 Å². The molecule has 3 aliphatic carbocycles. The minimum atomic E-state index is -0.650. The molecular weight excluding hydrogens is 490 g/mol. The molecule has 2 atom stereocenters. The van der Waals surface area contributed by atoms with Crippen molar-refractivity contribution in [3.63, 3.8) is 0 Å². The van der Waals surface area contributed by atoms with Crippen molar-refractivity contribution in [2.45, 2.75) is 11.8 Å². The van der Waals surface area contributed by atoms with Gasteiger partial charge in [-0.2, -0.15) is 0 Å². The lowest BCUT2D eigenvalue weighted by Gasteiger charge is -2.45. The Morgan fingerprint density at radius 3 is 1.54 bits per heavy atom. The molecule has 0 N–H and O–H groups in total. The van der Waals surface area contributed by atoms with Crippen molar-refractivity contribution in [2.75, 3.05) is 11.5 Å². The van der Waals surface area contributed by atoms with Gasteiger partial charge in [0.15, 0.2) is 12.4 Å². The van der Waals surface area contributed by atoms with Crippen LogP contribution in [0.2, 0.25) is 0 Å². The third-order valence-electron chi connectivity index (χ3n) is 8.24. The first-order valence-corrected chi connectivity index (χ1v) is 13.0. The van der Waals surface area contributed by atoms with Crippen LogP contribution >= 0.6 is 0 Å². The zero-order valence-electron chi connectivity index (χ0n) is 20.8. The largest absolute Gasteiger partial charge is 0.454 e. The number of hydrogen-bond donors (Lipinski definition) is 0. The highest BCUT2D eigenvalue weighted by Crippen LogP contribution is 2.61. The van der Waals surface area contributed by atoms with E-state index >= 15 is 0 Å². The number of imide groups is 1. The molecule has 4 aromatic rings. The van der Waals surface area contributed by atoms with Crippen LogP contribution in [-0.2, 0) is 14.3 Å². The van der Waals surface area contributed by atoms with Crippen LogP contribution in [0.25, 0.3) is 0 Å². The first-order valence-electron chi connectivity index (χ1n) is 13.0. The Morgan fingerprint density at radius 2 is 1.05 bits per heavy atom. The Balaban J connectivity index is 1.15. The van der Waals surface area contributed by atoms with E-state index in [4.69, 9.17) is 4.74 Å². The summed E-state index contributed by atoms with van der Waals surface area (Å²) in [6.07, 6.45) is 0. The molecule has 0 spiro atoms. The van der Waals surface area contributed by atoms with E-state index < -0.39 is 17.8 Å². The summed E-state index contributed by atoms with van der Waals surface area (Å²) in [6.45, 7) is -0.374. The summed E-state index contributed by atoms with van der Waals surface area (Å²) >= 11 is 0. The maximum absolute atomic E-state index is 13.9. The number of ketones is 1. The standard InChI is InChI=1S/C33H23NO5/c35-26(19-8-2-1-3-9-19)18-39-33(38)20-14-16-21(17-15-20)34-31(36)29-27-22-10-4-5-11-23(22)28(30(29)32(34)37)25-13-7-6-12-24(25)27/h1-17,27-30H,18H2/t27?,28?,29-,30+. The number of carbonyl (C=O) groups excluding carboxylic acids is 4. The average Bonchev–Trinajstić information content (AvgIpc) is 3.26. The molecule has 190 valence electrons. The number of carbonyl (C=O) groups is 4. The SMILES string of the molecule is O=C(COC(=O)c1ccc(N2C(=O)[C@@H]3C4c5ccccc5C(c5ccccc54)[C@@H]3C2=O)cc1)c1ccccc1. The zero-order valence-corrected chi connectivity index (χ0v) is 20.8. The van der Waals surface area contributed by atoms with E-state index in [9.17, 15) is 19.2 Å². The summed E-state index contributed by atoms with van der Waals surface area (Å²) in [5.41, 5.74) is 5.59. The van der Waals surface area contributed by atoms with E-state index in [-0.39, 0.29) is 41.6 Å². The van der Waals surface area contributed by atoms with Crippen molar-refractivity contribution in [1.82, 2.24) is 0 Å². The average molecular weight is 514 g/mol. The number of amides is 2. The lowest BCUT2D eigenvalue weighted by molar-refractivity contribution is -0.122. The lowest BCUT2D eigenvalue weighted by atomic mass is 9.55. The van der Waals surface area contributed by atoms with Crippen molar-refractivity contribution in [3.8, 4) is 0 Å². The van der Waals surface area contributed by atoms with Crippen LogP contribution in [0.3, 0.4) is 0 Å². The number of rotatable bonds is 5. The molecule has 0 unspecified atom stereocenters. The van der Waals surface area contributed by atoms with Crippen LogP contribution in [-0.4, -0.2) is 30.2 Å². The van der Waals surface area contributed by atoms with Gasteiger partial charge in [0.25, 0.3) is 0 Å². The van der Waals surface area contributed by atoms with Crippen LogP contribution in [0.1, 0.15) is 54.8 Å². The van der Waals surface area contributed by atoms with Gasteiger partial charge in [-0.05, 0) is 46.5 Å². The molecule has 1 saturated heterocycles. The minimum Gasteiger partial charge on any atom is -0.454 e. The second kappa shape index (κ2) is 8.88.